The van der Waals surface area contributed by atoms with Crippen LogP contribution in [0.15, 0.2) is 35.3 Å². The lowest BCUT2D eigenvalue weighted by Gasteiger charge is -2.36. The highest BCUT2D eigenvalue weighted by molar-refractivity contribution is 5.98. The zero-order chi connectivity index (χ0) is 29.7. The van der Waals surface area contributed by atoms with Crippen molar-refractivity contribution in [2.75, 3.05) is 36.4 Å². The molecule has 9 nitrogen and oxygen atoms in total. The number of piperazine rings is 1. The summed E-state index contributed by atoms with van der Waals surface area (Å²) in [6.45, 7) is 10.8. The van der Waals surface area contributed by atoms with Gasteiger partial charge in [-0.25, -0.2) is 18.0 Å². The molecule has 0 bridgehead atoms. The minimum atomic E-state index is -2.94. The van der Waals surface area contributed by atoms with E-state index in [1.165, 1.54) is 18.2 Å². The molecule has 12 heteroatoms. The van der Waals surface area contributed by atoms with E-state index >= 15 is 0 Å². The number of anilines is 2. The molecule has 1 saturated carbocycles. The molecule has 2 aromatic heterocycles. The van der Waals surface area contributed by atoms with Crippen molar-refractivity contribution in [3.63, 3.8) is 0 Å². The molecule has 1 aliphatic heterocycles. The molecule has 1 aliphatic carbocycles. The van der Waals surface area contributed by atoms with Crippen LogP contribution in [0, 0.1) is 5.82 Å². The Labute approximate surface area is 236 Å². The Bertz CT molecular complexity index is 1520. The summed E-state index contributed by atoms with van der Waals surface area (Å²) in [5.74, 6) is -0.164. The third-order valence-corrected chi connectivity index (χ3v) is 7.69. The van der Waals surface area contributed by atoms with Crippen molar-refractivity contribution in [3.05, 3.63) is 57.8 Å². The van der Waals surface area contributed by atoms with E-state index in [1.54, 1.807) is 22.6 Å². The Morgan fingerprint density at radius 3 is 2.34 bits per heavy atom. The van der Waals surface area contributed by atoms with E-state index in [4.69, 9.17) is 4.74 Å². The van der Waals surface area contributed by atoms with Crippen molar-refractivity contribution in [1.82, 2.24) is 19.7 Å². The van der Waals surface area contributed by atoms with E-state index < -0.39 is 29.4 Å². The van der Waals surface area contributed by atoms with E-state index in [0.29, 0.717) is 48.6 Å². The topological polar surface area (TPSA) is 92.6 Å². The Morgan fingerprint density at radius 1 is 1.07 bits per heavy atom. The van der Waals surface area contributed by atoms with Crippen molar-refractivity contribution < 1.29 is 22.7 Å². The SMILES string of the molecule is C[C@@H](Nc1nnc(N2CCN(C(=O)OC(C)(C)C)CC2)c2cc(=O)n(C3(C)CC3)cc12)c1cccc(C(F)F)c1F. The van der Waals surface area contributed by atoms with Crippen LogP contribution in [0.4, 0.5) is 29.6 Å². The lowest BCUT2D eigenvalue weighted by molar-refractivity contribution is 0.0240. The first kappa shape index (κ1) is 28.7. The number of nitrogens with one attached hydrogen (secondary N) is 1. The van der Waals surface area contributed by atoms with Gasteiger partial charge in [0.2, 0.25) is 0 Å². The van der Waals surface area contributed by atoms with Crippen LogP contribution in [0.25, 0.3) is 10.8 Å². The van der Waals surface area contributed by atoms with Crippen molar-refractivity contribution in [3.8, 4) is 0 Å². The third-order valence-electron chi connectivity index (χ3n) is 7.69. The fourth-order valence-corrected chi connectivity index (χ4v) is 5.08. The number of pyridine rings is 1. The maximum absolute atomic E-state index is 14.9. The number of ether oxygens (including phenoxy) is 1. The number of hydrogen-bond acceptors (Lipinski definition) is 7. The van der Waals surface area contributed by atoms with Crippen molar-refractivity contribution in [2.45, 2.75) is 71.1 Å². The minimum absolute atomic E-state index is 0.0718. The number of fused-ring (bicyclic) bond motifs is 1. The van der Waals surface area contributed by atoms with Crippen LogP contribution in [0.3, 0.4) is 0 Å². The number of rotatable bonds is 6. The highest BCUT2D eigenvalue weighted by atomic mass is 19.3. The van der Waals surface area contributed by atoms with Gasteiger partial charge in [-0.05, 0) is 47.5 Å². The van der Waals surface area contributed by atoms with Gasteiger partial charge in [0.15, 0.2) is 11.6 Å². The number of carbonyl (C=O) groups is 1. The number of aromatic nitrogens is 3. The second kappa shape index (κ2) is 10.5. The van der Waals surface area contributed by atoms with Gasteiger partial charge in [0, 0.05) is 60.3 Å². The summed E-state index contributed by atoms with van der Waals surface area (Å²) in [6, 6.07) is 4.74. The molecule has 1 saturated heterocycles. The van der Waals surface area contributed by atoms with Gasteiger partial charge in [-0.3, -0.25) is 4.79 Å². The molecule has 2 aliphatic rings. The lowest BCUT2D eigenvalue weighted by Crippen LogP contribution is -2.50. The number of halogens is 3. The molecule has 41 heavy (non-hydrogen) atoms. The van der Waals surface area contributed by atoms with Gasteiger partial charge in [-0.1, -0.05) is 18.2 Å². The predicted molar refractivity (Wildman–Crippen MR) is 150 cm³/mol. The quantitative estimate of drug-likeness (QED) is 0.411. The first-order valence-electron chi connectivity index (χ1n) is 13.8. The monoisotopic (exact) mass is 572 g/mol. The van der Waals surface area contributed by atoms with Gasteiger partial charge in [-0.15, -0.1) is 10.2 Å². The fraction of sp³-hybridized carbons (Fsp3) is 0.517. The van der Waals surface area contributed by atoms with Crippen molar-refractivity contribution >= 4 is 28.5 Å². The molecule has 5 rings (SSSR count). The molecule has 0 radical (unpaired) electrons. The molecule has 1 amide bonds. The van der Waals surface area contributed by atoms with Crippen LogP contribution in [-0.2, 0) is 10.3 Å². The first-order valence-corrected chi connectivity index (χ1v) is 13.8. The molecule has 1 aromatic carbocycles. The van der Waals surface area contributed by atoms with Crippen LogP contribution in [0.5, 0.6) is 0 Å². The van der Waals surface area contributed by atoms with Gasteiger partial charge in [0.1, 0.15) is 11.4 Å². The Balaban J connectivity index is 1.48. The van der Waals surface area contributed by atoms with E-state index in [1.807, 2.05) is 32.6 Å². The minimum Gasteiger partial charge on any atom is -0.444 e. The summed E-state index contributed by atoms with van der Waals surface area (Å²) >= 11 is 0. The summed E-state index contributed by atoms with van der Waals surface area (Å²) < 4.78 is 48.7. The largest absolute Gasteiger partial charge is 0.444 e. The first-order chi connectivity index (χ1) is 19.3. The maximum atomic E-state index is 14.9. The highest BCUT2D eigenvalue weighted by Crippen LogP contribution is 2.43. The number of amides is 1. The van der Waals surface area contributed by atoms with Gasteiger partial charge < -0.3 is 24.4 Å². The zero-order valence-electron chi connectivity index (χ0n) is 23.9. The average Bonchev–Trinajstić information content (AvgIpc) is 3.65. The number of alkyl halides is 2. The average molecular weight is 573 g/mol. The van der Waals surface area contributed by atoms with E-state index in [2.05, 4.69) is 15.5 Å². The predicted octanol–water partition coefficient (Wildman–Crippen LogP) is 5.61. The van der Waals surface area contributed by atoms with E-state index in [-0.39, 0.29) is 22.8 Å². The molecule has 2 fully saturated rings. The standard InChI is InChI=1S/C29H35F3N6O3/c1-17(18-7-6-8-19(23(18)30)24(31)32)33-25-21-16-38(29(5)9-10-29)22(39)15-20(21)26(35-34-25)36-11-13-37(14-12-36)27(40)41-28(2,3)4/h6-8,15-17,24H,9-14H2,1-5H3,(H,33,34)/t17-/m1/s1. The number of benzene rings is 1. The van der Waals surface area contributed by atoms with Crippen LogP contribution in [0.2, 0.25) is 0 Å². The van der Waals surface area contributed by atoms with Gasteiger partial charge in [0.25, 0.3) is 12.0 Å². The molecule has 3 heterocycles. The van der Waals surface area contributed by atoms with Gasteiger partial charge in [0.05, 0.1) is 11.6 Å². The van der Waals surface area contributed by atoms with E-state index in [0.717, 1.165) is 18.9 Å². The number of nitrogens with zero attached hydrogens (tertiary/aromatic N) is 5. The molecular weight excluding hydrogens is 537 g/mol. The molecule has 3 aromatic rings. The zero-order valence-corrected chi connectivity index (χ0v) is 23.9. The highest BCUT2D eigenvalue weighted by Gasteiger charge is 2.40. The normalized spacial score (nSPS) is 17.6. The molecule has 0 spiro atoms. The Hall–Kier alpha value is -3.83. The number of hydrogen-bond donors (Lipinski definition) is 1. The summed E-state index contributed by atoms with van der Waals surface area (Å²) in [6.07, 6.45) is 0.153. The summed E-state index contributed by atoms with van der Waals surface area (Å²) in [7, 11) is 0. The third kappa shape index (κ3) is 5.82. The lowest BCUT2D eigenvalue weighted by atomic mass is 10.0. The van der Waals surface area contributed by atoms with Gasteiger partial charge >= 0.3 is 6.09 Å². The fourth-order valence-electron chi connectivity index (χ4n) is 5.08. The van der Waals surface area contributed by atoms with Crippen molar-refractivity contribution in [2.24, 2.45) is 0 Å². The smallest absolute Gasteiger partial charge is 0.410 e. The number of carbonyl (C=O) groups excluding carboxylic acids is 1. The second-order valence-electron chi connectivity index (χ2n) is 12.0. The Morgan fingerprint density at radius 2 is 1.73 bits per heavy atom. The maximum Gasteiger partial charge on any atom is 0.410 e. The van der Waals surface area contributed by atoms with Crippen LogP contribution in [-0.4, -0.2) is 57.5 Å². The van der Waals surface area contributed by atoms with Crippen LogP contribution in [0.1, 0.15) is 71.1 Å². The molecule has 1 atom stereocenters. The van der Waals surface area contributed by atoms with Crippen LogP contribution >= 0.6 is 0 Å². The summed E-state index contributed by atoms with van der Waals surface area (Å²) in [5, 5.41) is 13.2. The molecule has 0 unspecified atom stereocenters. The Kier molecular flexibility index (Phi) is 7.37. The van der Waals surface area contributed by atoms with Gasteiger partial charge in [-0.2, -0.15) is 0 Å². The van der Waals surface area contributed by atoms with E-state index in [9.17, 15) is 22.8 Å². The molecular formula is C29H35F3N6O3. The second-order valence-corrected chi connectivity index (χ2v) is 12.0. The summed E-state index contributed by atoms with van der Waals surface area (Å²) in [5.41, 5.74) is -1.66. The molecule has 220 valence electrons. The molecule has 1 N–H and O–H groups in total. The van der Waals surface area contributed by atoms with Crippen molar-refractivity contribution in [1.29, 1.82) is 0 Å². The summed E-state index contributed by atoms with van der Waals surface area (Å²) in [4.78, 5) is 29.4. The van der Waals surface area contributed by atoms with Crippen LogP contribution < -0.4 is 15.8 Å².